The molecule has 0 aliphatic carbocycles. The van der Waals surface area contributed by atoms with Gasteiger partial charge in [-0.1, -0.05) is 0 Å². The molecule has 0 saturated heterocycles. The predicted molar refractivity (Wildman–Crippen MR) is 63.4 cm³/mol. The van der Waals surface area contributed by atoms with Crippen LogP contribution in [0.15, 0.2) is 37.2 Å². The zero-order valence-electron chi connectivity index (χ0n) is 9.61. The first kappa shape index (κ1) is 11.2. The van der Waals surface area contributed by atoms with Gasteiger partial charge in [-0.2, -0.15) is 0 Å². The monoisotopic (exact) mass is 260 g/mol. The van der Waals surface area contributed by atoms with Gasteiger partial charge in [-0.3, -0.25) is 0 Å². The van der Waals surface area contributed by atoms with E-state index in [0.29, 0.717) is 0 Å². The lowest BCUT2D eigenvalue weighted by atomic mass is 10.2. The Morgan fingerprint density at radius 2 is 1.05 bits per heavy atom. The zero-order chi connectivity index (χ0) is 12.9. The first-order chi connectivity index (χ1) is 9.40. The molecule has 3 aromatic rings. The van der Waals surface area contributed by atoms with Gasteiger partial charge in [0.05, 0.1) is 0 Å². The van der Waals surface area contributed by atoms with Gasteiger partial charge in [-0.15, -0.1) is 0 Å². The fraction of sp³-hybridized carbons (Fsp3) is 0. The van der Waals surface area contributed by atoms with Gasteiger partial charge in [0.2, 0.25) is 0 Å². The minimum absolute atomic E-state index is 0.253. The van der Waals surface area contributed by atoms with Crippen LogP contribution in [-0.4, -0.2) is 37.2 Å². The Hall–Kier alpha value is -2.91. The Kier molecular flexibility index (Phi) is 3.05. The summed E-state index contributed by atoms with van der Waals surface area (Å²) >= 11 is 0. The molecule has 3 N–H and O–H groups in total. The number of imidazole rings is 3. The Morgan fingerprint density at radius 3 is 1.32 bits per heavy atom. The minimum atomic E-state index is -1.09. The maximum Gasteiger partial charge on any atom is 0.870 e. The summed E-state index contributed by atoms with van der Waals surface area (Å²) in [6, 6.07) is 0.759. The van der Waals surface area contributed by atoms with Gasteiger partial charge in [-0.25, -0.2) is 15.0 Å². The van der Waals surface area contributed by atoms with Crippen molar-refractivity contribution in [3.63, 3.8) is 0 Å². The van der Waals surface area contributed by atoms with Crippen molar-refractivity contribution in [1.29, 1.82) is 0 Å². The molecule has 0 atom stereocenters. The molecule has 19 heavy (non-hydrogen) atoms. The lowest BCUT2D eigenvalue weighted by Crippen LogP contribution is -2.38. The number of H-pyrrole nitrogens is 3. The van der Waals surface area contributed by atoms with E-state index in [1.807, 2.05) is 0 Å². The Morgan fingerprint density at radius 1 is 0.684 bits per heavy atom. The quantitative estimate of drug-likeness (QED) is 0.552. The summed E-state index contributed by atoms with van der Waals surface area (Å²) in [5.74, 6) is 0. The highest BCUT2D eigenvalue weighted by Gasteiger charge is 2.33. The van der Waals surface area contributed by atoms with Crippen LogP contribution in [0.5, 0.6) is 18.0 Å². The number of aromatic nitrogens is 6. The third-order valence-electron chi connectivity index (χ3n) is 2.04. The van der Waals surface area contributed by atoms with E-state index in [0.717, 1.165) is 0 Å². The van der Waals surface area contributed by atoms with E-state index in [4.69, 9.17) is 14.0 Å². The van der Waals surface area contributed by atoms with E-state index >= 15 is 0 Å². The predicted octanol–water partition coefficient (Wildman–Crippen LogP) is 0.378. The second-order valence-corrected chi connectivity index (χ2v) is 3.33. The van der Waals surface area contributed by atoms with Crippen LogP contribution in [0.4, 0.5) is 0 Å². The highest BCUT2D eigenvalue weighted by atomic mass is 16.7. The third kappa shape index (κ3) is 2.86. The largest absolute Gasteiger partial charge is 0.870 e. The standard InChI is InChI=1S/C9H9BN6O3/c1-2-12-7(11-1)17-10(18-8-13-3-4-14-8)19-9-15-5-6-16-9/h1-6H,(H,11,12)(H,13,14)(H,15,16). The van der Waals surface area contributed by atoms with Gasteiger partial charge in [0.1, 0.15) is 0 Å². The van der Waals surface area contributed by atoms with E-state index in [2.05, 4.69) is 29.9 Å². The SMILES string of the molecule is c1c[nH]c(OB(Oc2ncc[nH]2)Oc2ncc[nH]2)n1. The van der Waals surface area contributed by atoms with Crippen LogP contribution in [0.2, 0.25) is 0 Å². The number of hydrogen-bond donors (Lipinski definition) is 3. The maximum absolute atomic E-state index is 5.37. The van der Waals surface area contributed by atoms with Crippen molar-refractivity contribution in [3.05, 3.63) is 37.2 Å². The number of nitrogens with zero attached hydrogens (tertiary/aromatic N) is 3. The summed E-state index contributed by atoms with van der Waals surface area (Å²) in [7, 11) is -1.09. The number of hydrogen-bond acceptors (Lipinski definition) is 6. The van der Waals surface area contributed by atoms with Gasteiger partial charge in [-0.05, 0) is 0 Å². The molecule has 0 unspecified atom stereocenters. The summed E-state index contributed by atoms with van der Waals surface area (Å²) in [4.78, 5) is 20.1. The zero-order valence-corrected chi connectivity index (χ0v) is 9.61. The van der Waals surface area contributed by atoms with Crippen LogP contribution >= 0.6 is 0 Å². The van der Waals surface area contributed by atoms with E-state index in [1.165, 1.54) is 0 Å². The smallest absolute Gasteiger partial charge is 0.461 e. The van der Waals surface area contributed by atoms with E-state index in [1.54, 1.807) is 37.2 Å². The molecule has 3 aromatic heterocycles. The lowest BCUT2D eigenvalue weighted by molar-refractivity contribution is 0.280. The second-order valence-electron chi connectivity index (χ2n) is 3.33. The molecule has 0 saturated carbocycles. The summed E-state index contributed by atoms with van der Waals surface area (Å²) in [5, 5.41) is 0. The third-order valence-corrected chi connectivity index (χ3v) is 2.04. The Bertz CT molecular complexity index is 495. The number of rotatable bonds is 6. The molecular formula is C9H9BN6O3. The molecule has 0 spiro atoms. The molecule has 96 valence electrons. The van der Waals surface area contributed by atoms with Crippen molar-refractivity contribution in [3.8, 4) is 18.0 Å². The summed E-state index contributed by atoms with van der Waals surface area (Å²) in [5.41, 5.74) is 0. The molecule has 3 rings (SSSR count). The molecule has 0 fully saturated rings. The van der Waals surface area contributed by atoms with Crippen molar-refractivity contribution in [2.24, 2.45) is 0 Å². The molecule has 0 aliphatic rings. The Balaban J connectivity index is 1.70. The molecule has 0 amide bonds. The molecular weight excluding hydrogens is 251 g/mol. The summed E-state index contributed by atoms with van der Waals surface area (Å²) < 4.78 is 16.1. The van der Waals surface area contributed by atoms with Gasteiger partial charge < -0.3 is 28.9 Å². The molecule has 10 heteroatoms. The first-order valence-electron chi connectivity index (χ1n) is 5.38. The van der Waals surface area contributed by atoms with E-state index < -0.39 is 7.32 Å². The average molecular weight is 260 g/mol. The van der Waals surface area contributed by atoms with Crippen LogP contribution in [0, 0.1) is 0 Å². The van der Waals surface area contributed by atoms with Gasteiger partial charge >= 0.3 is 7.32 Å². The van der Waals surface area contributed by atoms with Crippen LogP contribution in [0.25, 0.3) is 0 Å². The average Bonchev–Trinajstić information content (AvgIpc) is 3.10. The summed E-state index contributed by atoms with van der Waals surface area (Å²) in [6.07, 6.45) is 9.50. The van der Waals surface area contributed by atoms with Gasteiger partial charge in [0.15, 0.2) is 0 Å². The van der Waals surface area contributed by atoms with E-state index in [-0.39, 0.29) is 18.0 Å². The van der Waals surface area contributed by atoms with Gasteiger partial charge in [0, 0.05) is 37.2 Å². The highest BCUT2D eigenvalue weighted by Crippen LogP contribution is 2.09. The Labute approximate surface area is 107 Å². The van der Waals surface area contributed by atoms with Crippen molar-refractivity contribution in [2.75, 3.05) is 0 Å². The molecule has 0 aromatic carbocycles. The molecule has 0 aliphatic heterocycles. The maximum atomic E-state index is 5.37. The molecule has 3 heterocycles. The fourth-order valence-corrected chi connectivity index (χ4v) is 1.29. The van der Waals surface area contributed by atoms with E-state index in [9.17, 15) is 0 Å². The topological polar surface area (TPSA) is 114 Å². The van der Waals surface area contributed by atoms with Crippen molar-refractivity contribution in [1.82, 2.24) is 29.9 Å². The van der Waals surface area contributed by atoms with Crippen LogP contribution < -0.4 is 14.0 Å². The lowest BCUT2D eigenvalue weighted by Gasteiger charge is -2.11. The van der Waals surface area contributed by atoms with Crippen LogP contribution in [0.3, 0.4) is 0 Å². The van der Waals surface area contributed by atoms with Crippen LogP contribution in [0.1, 0.15) is 0 Å². The van der Waals surface area contributed by atoms with Crippen LogP contribution in [-0.2, 0) is 0 Å². The van der Waals surface area contributed by atoms with Gasteiger partial charge in [0.25, 0.3) is 18.0 Å². The highest BCUT2D eigenvalue weighted by molar-refractivity contribution is 6.39. The van der Waals surface area contributed by atoms with Crippen molar-refractivity contribution < 1.29 is 14.0 Å². The molecule has 9 nitrogen and oxygen atoms in total. The second kappa shape index (κ2) is 5.17. The normalized spacial score (nSPS) is 10.1. The number of nitrogens with one attached hydrogen (secondary N) is 3. The molecule has 0 bridgehead atoms. The molecule has 0 radical (unpaired) electrons. The minimum Gasteiger partial charge on any atom is -0.461 e. The first-order valence-corrected chi connectivity index (χ1v) is 5.38. The van der Waals surface area contributed by atoms with Crippen molar-refractivity contribution >= 4 is 7.32 Å². The van der Waals surface area contributed by atoms with Crippen molar-refractivity contribution in [2.45, 2.75) is 0 Å². The summed E-state index contributed by atoms with van der Waals surface area (Å²) in [6.45, 7) is 0. The fourth-order valence-electron chi connectivity index (χ4n) is 1.29. The number of aromatic amines is 3.